The van der Waals surface area contributed by atoms with Crippen molar-refractivity contribution in [1.29, 1.82) is 0 Å². The zero-order valence-electron chi connectivity index (χ0n) is 14.8. The Hall–Kier alpha value is -3.05. The first-order valence-electron chi connectivity index (χ1n) is 8.65. The third kappa shape index (κ3) is 2.25. The first-order chi connectivity index (χ1) is 13.1. The second-order valence-electron chi connectivity index (χ2n) is 6.64. The van der Waals surface area contributed by atoms with Crippen molar-refractivity contribution in [1.82, 2.24) is 9.38 Å². The van der Waals surface area contributed by atoms with Gasteiger partial charge >= 0.3 is 0 Å². The summed E-state index contributed by atoms with van der Waals surface area (Å²) in [6.07, 6.45) is 1.83. The summed E-state index contributed by atoms with van der Waals surface area (Å²) in [5, 5.41) is 3.32. The summed E-state index contributed by atoms with van der Waals surface area (Å²) >= 11 is 1.58. The Kier molecular flexibility index (Phi) is 3.42. The number of hydrogen-bond acceptors (Lipinski definition) is 3. The molecule has 0 spiro atoms. The molecule has 0 unspecified atom stereocenters. The number of thiophene rings is 1. The molecule has 3 nitrogen and oxygen atoms in total. The van der Waals surface area contributed by atoms with Gasteiger partial charge in [0.1, 0.15) is 10.6 Å². The molecule has 0 saturated heterocycles. The molecule has 0 fully saturated rings. The molecule has 0 bridgehead atoms. The predicted molar refractivity (Wildman–Crippen MR) is 109 cm³/mol. The minimum Gasteiger partial charge on any atom is -0.284 e. The van der Waals surface area contributed by atoms with Crippen LogP contribution in [0, 0.1) is 19.7 Å². The molecule has 0 atom stereocenters. The lowest BCUT2D eigenvalue weighted by atomic mass is 10.1. The molecule has 0 saturated carbocycles. The molecule has 2 aromatic carbocycles. The van der Waals surface area contributed by atoms with Crippen molar-refractivity contribution in [3.63, 3.8) is 0 Å². The van der Waals surface area contributed by atoms with Crippen LogP contribution in [0.4, 0.5) is 4.39 Å². The summed E-state index contributed by atoms with van der Waals surface area (Å²) in [5.41, 5.74) is 1.88. The lowest BCUT2D eigenvalue weighted by molar-refractivity contribution is 0.625. The number of hydrogen-bond donors (Lipinski definition) is 0. The zero-order valence-corrected chi connectivity index (χ0v) is 15.6. The highest BCUT2D eigenvalue weighted by Gasteiger charge is 2.17. The number of fused-ring (bicyclic) bond motifs is 5. The van der Waals surface area contributed by atoms with Crippen molar-refractivity contribution in [2.45, 2.75) is 13.8 Å². The van der Waals surface area contributed by atoms with Gasteiger partial charge in [-0.25, -0.2) is 4.39 Å². The van der Waals surface area contributed by atoms with Crippen LogP contribution >= 0.6 is 11.3 Å². The second-order valence-corrected chi connectivity index (χ2v) is 7.84. The van der Waals surface area contributed by atoms with Crippen LogP contribution in [0.3, 0.4) is 0 Å². The fourth-order valence-electron chi connectivity index (χ4n) is 3.62. The topological polar surface area (TPSA) is 34.4 Å². The van der Waals surface area contributed by atoms with E-state index in [-0.39, 0.29) is 11.4 Å². The summed E-state index contributed by atoms with van der Waals surface area (Å²) in [7, 11) is 0. The molecular weight excluding hydrogens is 359 g/mol. The summed E-state index contributed by atoms with van der Waals surface area (Å²) in [6.45, 7) is 3.96. The van der Waals surface area contributed by atoms with Crippen LogP contribution in [0.15, 0.2) is 53.3 Å². The molecule has 3 heterocycles. The second kappa shape index (κ2) is 5.72. The van der Waals surface area contributed by atoms with Gasteiger partial charge in [-0.2, -0.15) is 4.98 Å². The molecule has 0 radical (unpaired) electrons. The lowest BCUT2D eigenvalue weighted by Crippen LogP contribution is -2.15. The minimum absolute atomic E-state index is 0.208. The number of nitrogens with zero attached hydrogens (tertiary/aromatic N) is 2. The zero-order chi connectivity index (χ0) is 18.7. The van der Waals surface area contributed by atoms with E-state index in [1.807, 2.05) is 54.7 Å². The minimum atomic E-state index is -0.278. The van der Waals surface area contributed by atoms with Gasteiger partial charge in [-0.05, 0) is 31.6 Å². The molecule has 5 heteroatoms. The van der Waals surface area contributed by atoms with Crippen molar-refractivity contribution in [2.24, 2.45) is 0 Å². The van der Waals surface area contributed by atoms with Gasteiger partial charge in [-0.3, -0.25) is 9.20 Å². The van der Waals surface area contributed by atoms with Gasteiger partial charge in [0.2, 0.25) is 0 Å². The van der Waals surface area contributed by atoms with E-state index in [1.165, 1.54) is 6.07 Å². The fourth-order valence-corrected chi connectivity index (χ4v) is 4.79. The van der Waals surface area contributed by atoms with E-state index in [0.717, 1.165) is 31.4 Å². The normalized spacial score (nSPS) is 12.6. The van der Waals surface area contributed by atoms with Gasteiger partial charge in [0.25, 0.3) is 5.56 Å². The predicted octanol–water partition coefficient (Wildman–Crippen LogP) is 4.37. The van der Waals surface area contributed by atoms with Crippen molar-refractivity contribution >= 4 is 44.0 Å². The Morgan fingerprint density at radius 2 is 1.74 bits per heavy atom. The number of rotatable bonds is 1. The highest BCUT2D eigenvalue weighted by atomic mass is 32.1. The van der Waals surface area contributed by atoms with Gasteiger partial charge in [0, 0.05) is 21.2 Å². The Balaban J connectivity index is 2.10. The van der Waals surface area contributed by atoms with Crippen molar-refractivity contribution in [3.8, 4) is 0 Å². The average molecular weight is 374 g/mol. The van der Waals surface area contributed by atoms with Crippen LogP contribution < -0.4 is 10.9 Å². The van der Waals surface area contributed by atoms with Crippen LogP contribution in [-0.4, -0.2) is 9.38 Å². The van der Waals surface area contributed by atoms with Crippen LogP contribution in [0.2, 0.25) is 0 Å². The fraction of sp³-hybridized carbons (Fsp3) is 0.0909. The largest absolute Gasteiger partial charge is 0.284 e. The van der Waals surface area contributed by atoms with Crippen LogP contribution in [0.1, 0.15) is 16.0 Å². The third-order valence-corrected chi connectivity index (χ3v) is 6.28. The molecule has 0 N–H and O–H groups in total. The van der Waals surface area contributed by atoms with Crippen LogP contribution in [0.5, 0.6) is 0 Å². The number of benzene rings is 2. The van der Waals surface area contributed by atoms with E-state index < -0.39 is 0 Å². The third-order valence-electron chi connectivity index (χ3n) is 5.09. The number of aryl methyl sites for hydroxylation is 2. The maximum atomic E-state index is 14.3. The molecule has 132 valence electrons. The van der Waals surface area contributed by atoms with Crippen molar-refractivity contribution < 1.29 is 4.39 Å². The SMILES string of the molecule is Cc1sc2c(c1C)c(=O)nc1c3ccccc3c(=Cc3ccccc3F)n12. The monoisotopic (exact) mass is 374 g/mol. The van der Waals surface area contributed by atoms with Gasteiger partial charge < -0.3 is 0 Å². The number of halogens is 1. The first-order valence-corrected chi connectivity index (χ1v) is 9.47. The van der Waals surface area contributed by atoms with E-state index in [1.54, 1.807) is 23.5 Å². The van der Waals surface area contributed by atoms with Crippen LogP contribution in [0.25, 0.3) is 32.7 Å². The van der Waals surface area contributed by atoms with Gasteiger partial charge in [0.05, 0.1) is 10.7 Å². The summed E-state index contributed by atoms with van der Waals surface area (Å²) in [6, 6.07) is 14.5. The van der Waals surface area contributed by atoms with Gasteiger partial charge in [-0.1, -0.05) is 42.5 Å². The summed E-state index contributed by atoms with van der Waals surface area (Å²) < 4.78 is 16.3. The van der Waals surface area contributed by atoms with E-state index in [4.69, 9.17) is 0 Å². The molecule has 27 heavy (non-hydrogen) atoms. The average Bonchev–Trinajstić information content (AvgIpc) is 3.13. The Labute approximate surface area is 158 Å². The molecule has 5 aromatic rings. The molecule has 0 aliphatic rings. The molecule has 5 rings (SSSR count). The van der Waals surface area contributed by atoms with E-state index in [0.29, 0.717) is 16.6 Å². The lowest BCUT2D eigenvalue weighted by Gasteiger charge is -1.99. The van der Waals surface area contributed by atoms with Gasteiger partial charge in [0.15, 0.2) is 5.65 Å². The van der Waals surface area contributed by atoms with Crippen LogP contribution in [-0.2, 0) is 0 Å². The maximum Gasteiger partial charge on any atom is 0.282 e. The molecule has 0 aliphatic heterocycles. The summed E-state index contributed by atoms with van der Waals surface area (Å²) in [4.78, 5) is 19.0. The van der Waals surface area contributed by atoms with Crippen molar-refractivity contribution in [2.75, 3.05) is 0 Å². The standard InChI is InChI=1S/C22H15FN2OS/c1-12-13(2)27-22-19(12)21(26)24-20-16-9-5-4-8-15(16)18(25(20)22)11-14-7-3-6-10-17(14)23/h3-11H,1-2H3. The molecule has 0 aliphatic carbocycles. The quantitative estimate of drug-likeness (QED) is 0.437. The van der Waals surface area contributed by atoms with E-state index >= 15 is 0 Å². The highest BCUT2D eigenvalue weighted by Crippen LogP contribution is 2.29. The Bertz CT molecular complexity index is 1480. The summed E-state index contributed by atoms with van der Waals surface area (Å²) in [5.74, 6) is -0.278. The first kappa shape index (κ1) is 16.1. The van der Waals surface area contributed by atoms with Gasteiger partial charge in [-0.15, -0.1) is 11.3 Å². The Morgan fingerprint density at radius 3 is 2.52 bits per heavy atom. The molecule has 0 amide bonds. The molecule has 3 aromatic heterocycles. The van der Waals surface area contributed by atoms with E-state index in [9.17, 15) is 9.18 Å². The smallest absolute Gasteiger partial charge is 0.282 e. The molecular formula is C22H15FN2OS. The Morgan fingerprint density at radius 1 is 1.04 bits per heavy atom. The number of aromatic nitrogens is 2. The maximum absolute atomic E-state index is 14.3. The van der Waals surface area contributed by atoms with E-state index in [2.05, 4.69) is 4.98 Å². The highest BCUT2D eigenvalue weighted by molar-refractivity contribution is 7.18. The van der Waals surface area contributed by atoms with Crippen molar-refractivity contribution in [3.05, 3.63) is 86.1 Å².